The van der Waals surface area contributed by atoms with Crippen molar-refractivity contribution in [3.05, 3.63) is 91.2 Å². The van der Waals surface area contributed by atoms with E-state index >= 15 is 0 Å². The summed E-state index contributed by atoms with van der Waals surface area (Å²) in [6, 6.07) is 13.2. The van der Waals surface area contributed by atoms with Gasteiger partial charge in [-0.15, -0.1) is 0 Å². The minimum atomic E-state index is -0.316. The van der Waals surface area contributed by atoms with Gasteiger partial charge in [-0.3, -0.25) is 4.79 Å². The third kappa shape index (κ3) is 14.3. The van der Waals surface area contributed by atoms with Crippen LogP contribution in [0.3, 0.4) is 0 Å². The SMILES string of the molecule is CCCCCCCCCCCCCCCCN1C(=CC2=C(O)C(=CC3=[N+](CCCCCCCCCCCCCCCC)c4ccc(Br)cc4C3(C)C)C2=O)C(C)(C)c2cc(Br)ccc21. The first-order valence-corrected chi connectivity index (χ1v) is 28.0. The number of Topliss-reactive ketones (excluding diaryl/α,β-unsaturated/α-hetero) is 1. The molecule has 2 heterocycles. The molecule has 0 saturated heterocycles. The summed E-state index contributed by atoms with van der Waals surface area (Å²) >= 11 is 7.47. The highest BCUT2D eigenvalue weighted by Gasteiger charge is 2.47. The van der Waals surface area contributed by atoms with Crippen LogP contribution in [0, 0.1) is 0 Å². The second-order valence-corrected chi connectivity index (χ2v) is 22.5. The number of allylic oxidation sites excluding steroid dienone is 5. The van der Waals surface area contributed by atoms with Gasteiger partial charge in [0.25, 0.3) is 0 Å². The first kappa shape index (κ1) is 52.5. The maximum Gasteiger partial charge on any atom is 0.209 e. The van der Waals surface area contributed by atoms with Crippen LogP contribution < -0.4 is 4.90 Å². The number of hydrogen-bond donors (Lipinski definition) is 1. The smallest absolute Gasteiger partial charge is 0.209 e. The number of fused-ring (bicyclic) bond motifs is 2. The summed E-state index contributed by atoms with van der Waals surface area (Å²) in [6.45, 7) is 15.4. The summed E-state index contributed by atoms with van der Waals surface area (Å²) in [5, 5.41) is 11.8. The van der Waals surface area contributed by atoms with Gasteiger partial charge in [-0.2, -0.15) is 4.58 Å². The van der Waals surface area contributed by atoms with Gasteiger partial charge in [-0.25, -0.2) is 0 Å². The molecule has 0 radical (unpaired) electrons. The molecule has 1 N–H and O–H groups in total. The van der Waals surface area contributed by atoms with Crippen LogP contribution in [0.1, 0.15) is 232 Å². The monoisotopic (exact) mass is 1000 g/mol. The summed E-state index contributed by atoms with van der Waals surface area (Å²) in [7, 11) is 0. The van der Waals surface area contributed by atoms with Gasteiger partial charge in [0.1, 0.15) is 12.3 Å². The molecule has 0 fully saturated rings. The Kier molecular flexibility index (Phi) is 22.0. The molecule has 2 aliphatic heterocycles. The summed E-state index contributed by atoms with van der Waals surface area (Å²) in [4.78, 5) is 16.7. The Bertz CT molecular complexity index is 1930. The van der Waals surface area contributed by atoms with Crippen LogP contribution in [0.25, 0.3) is 0 Å². The lowest BCUT2D eigenvalue weighted by Gasteiger charge is -2.29. The zero-order chi connectivity index (χ0) is 46.0. The van der Waals surface area contributed by atoms with Crippen molar-refractivity contribution in [2.45, 2.75) is 232 Å². The molecule has 0 atom stereocenters. The Morgan fingerprint density at radius 1 is 0.562 bits per heavy atom. The maximum atomic E-state index is 14.2. The summed E-state index contributed by atoms with van der Waals surface area (Å²) in [5.41, 5.74) is 7.35. The van der Waals surface area contributed by atoms with E-state index in [1.54, 1.807) is 0 Å². The van der Waals surface area contributed by atoms with Crippen LogP contribution in [0.2, 0.25) is 0 Å². The molecule has 64 heavy (non-hydrogen) atoms. The second kappa shape index (κ2) is 26.8. The van der Waals surface area contributed by atoms with Crippen LogP contribution in [-0.2, 0) is 15.6 Å². The van der Waals surface area contributed by atoms with E-state index in [1.165, 1.54) is 189 Å². The zero-order valence-corrected chi connectivity index (χ0v) is 44.5. The number of nitrogens with zero attached hydrogens (tertiary/aromatic N) is 2. The molecule has 0 aromatic heterocycles. The molecule has 6 heteroatoms. The van der Waals surface area contributed by atoms with E-state index in [9.17, 15) is 9.90 Å². The number of carbonyl (C=O) groups excluding carboxylic acids is 1. The number of ketones is 1. The zero-order valence-electron chi connectivity index (χ0n) is 41.3. The number of unbranched alkanes of at least 4 members (excludes halogenated alkanes) is 26. The summed E-state index contributed by atoms with van der Waals surface area (Å²) in [6.07, 6.45) is 41.5. The van der Waals surface area contributed by atoms with Crippen molar-refractivity contribution >= 4 is 54.7 Å². The van der Waals surface area contributed by atoms with Crippen molar-refractivity contribution in [2.24, 2.45) is 0 Å². The predicted molar refractivity (Wildman–Crippen MR) is 283 cm³/mol. The highest BCUT2D eigenvalue weighted by Crippen LogP contribution is 2.50. The average Bonchev–Trinajstić information content (AvgIpc) is 3.61. The fourth-order valence-electron chi connectivity index (χ4n) is 10.6. The van der Waals surface area contributed by atoms with Crippen molar-refractivity contribution in [3.8, 4) is 0 Å². The lowest BCUT2D eigenvalue weighted by molar-refractivity contribution is -0.438. The van der Waals surface area contributed by atoms with E-state index in [0.717, 1.165) is 46.3 Å². The van der Waals surface area contributed by atoms with Gasteiger partial charge < -0.3 is 10.0 Å². The number of benzene rings is 2. The number of hydrogen-bond acceptors (Lipinski definition) is 3. The minimum Gasteiger partial charge on any atom is -0.506 e. The number of anilines is 1. The van der Waals surface area contributed by atoms with Crippen molar-refractivity contribution in [3.63, 3.8) is 0 Å². The molecule has 1 aliphatic carbocycles. The summed E-state index contributed by atoms with van der Waals surface area (Å²) < 4.78 is 4.55. The molecule has 4 nitrogen and oxygen atoms in total. The van der Waals surface area contributed by atoms with Crippen LogP contribution in [0.15, 0.2) is 80.1 Å². The molecule has 0 saturated carbocycles. The quantitative estimate of drug-likeness (QED) is 0.0451. The number of aliphatic hydroxyl groups is 1. The minimum absolute atomic E-state index is 0.0636. The first-order valence-electron chi connectivity index (χ1n) is 26.4. The number of carbonyl (C=O) groups is 1. The van der Waals surface area contributed by atoms with Gasteiger partial charge >= 0.3 is 0 Å². The molecule has 0 spiro atoms. The van der Waals surface area contributed by atoms with E-state index in [1.807, 2.05) is 12.2 Å². The van der Waals surface area contributed by atoms with Gasteiger partial charge in [0, 0.05) is 56.4 Å². The lowest BCUT2D eigenvalue weighted by Crippen LogP contribution is -2.32. The molecule has 3 aliphatic rings. The van der Waals surface area contributed by atoms with Crippen molar-refractivity contribution in [1.82, 2.24) is 0 Å². The number of aliphatic hydroxyl groups excluding tert-OH is 1. The Morgan fingerprint density at radius 3 is 1.48 bits per heavy atom. The summed E-state index contributed by atoms with van der Waals surface area (Å²) in [5.74, 6) is 0.0602. The van der Waals surface area contributed by atoms with Gasteiger partial charge in [0.05, 0.1) is 16.6 Å². The van der Waals surface area contributed by atoms with E-state index in [4.69, 9.17) is 0 Å². The third-order valence-corrected chi connectivity index (χ3v) is 15.7. The third-order valence-electron chi connectivity index (χ3n) is 14.7. The van der Waals surface area contributed by atoms with Crippen molar-refractivity contribution in [2.75, 3.05) is 18.0 Å². The van der Waals surface area contributed by atoms with E-state index in [2.05, 4.69) is 119 Å². The normalized spacial score (nSPS) is 17.6. The van der Waals surface area contributed by atoms with Crippen LogP contribution >= 0.6 is 31.9 Å². The highest BCUT2D eigenvalue weighted by molar-refractivity contribution is 9.10. The fraction of sp³-hybridized carbons (Fsp3) is 0.655. The fourth-order valence-corrected chi connectivity index (χ4v) is 11.3. The standard InChI is InChI=1S/C58H86Br2N2O2/c1-7-9-11-13-15-17-19-21-23-25-27-29-31-33-39-61-51-37-35-45(59)41-49(51)57(3,4)53(61)43-47-55(63)48(56(47)64)44-54-58(5,6)50-42-46(60)36-38-52(50)62(54)40-34-32-30-28-26-24-22-20-18-16-14-12-10-8-2/h35-38,41-44H,7-34,39-40H2,1-6H3/p+1. The number of halogens is 2. The molecule has 0 bridgehead atoms. The molecule has 354 valence electrons. The van der Waals surface area contributed by atoms with Crippen LogP contribution in [0.4, 0.5) is 11.4 Å². The Labute approximate surface area is 408 Å². The van der Waals surface area contributed by atoms with Crippen LogP contribution in [0.5, 0.6) is 0 Å². The van der Waals surface area contributed by atoms with Crippen molar-refractivity contribution in [1.29, 1.82) is 0 Å². The van der Waals surface area contributed by atoms with Gasteiger partial charge in [-0.1, -0.05) is 220 Å². The molecule has 5 rings (SSSR count). The molecule has 0 amide bonds. The van der Waals surface area contributed by atoms with Gasteiger partial charge in [0.2, 0.25) is 11.5 Å². The predicted octanol–water partition coefficient (Wildman–Crippen LogP) is 18.6. The molecular formula is C58H87Br2N2O2+. The number of rotatable bonds is 32. The van der Waals surface area contributed by atoms with E-state index in [-0.39, 0.29) is 22.4 Å². The molecule has 2 aromatic carbocycles. The maximum absolute atomic E-state index is 14.2. The highest BCUT2D eigenvalue weighted by atomic mass is 79.9. The molecular weight excluding hydrogens is 916 g/mol. The largest absolute Gasteiger partial charge is 0.506 e. The Balaban J connectivity index is 1.21. The van der Waals surface area contributed by atoms with Crippen LogP contribution in [-0.4, -0.2) is 34.3 Å². The first-order chi connectivity index (χ1) is 30.9. The average molecular weight is 1000 g/mol. The van der Waals surface area contributed by atoms with Gasteiger partial charge in [0.15, 0.2) is 5.71 Å². The van der Waals surface area contributed by atoms with Gasteiger partial charge in [-0.05, 0) is 68.7 Å². The van der Waals surface area contributed by atoms with Crippen molar-refractivity contribution < 1.29 is 14.5 Å². The Hall–Kier alpha value is -2.44. The molecule has 2 aromatic rings. The Morgan fingerprint density at radius 2 is 1.00 bits per heavy atom. The topological polar surface area (TPSA) is 43.5 Å². The van der Waals surface area contributed by atoms with E-state index < -0.39 is 0 Å². The van der Waals surface area contributed by atoms with E-state index in [0.29, 0.717) is 11.1 Å². The molecule has 0 unspecified atom stereocenters. The lowest BCUT2D eigenvalue weighted by atomic mass is 9.77. The second-order valence-electron chi connectivity index (χ2n) is 20.6.